The summed E-state index contributed by atoms with van der Waals surface area (Å²) in [6.45, 7) is 0. The SMILES string of the molecule is O=C1OC(c2cccc(F)c2)=N/C1=C/c1ccc(OC(=O)c2ccccc2Br)cc1. The highest BCUT2D eigenvalue weighted by Gasteiger charge is 2.24. The Labute approximate surface area is 179 Å². The topological polar surface area (TPSA) is 65.0 Å². The molecule has 0 aliphatic carbocycles. The van der Waals surface area contributed by atoms with Crippen LogP contribution in [0.5, 0.6) is 5.75 Å². The van der Waals surface area contributed by atoms with E-state index < -0.39 is 17.8 Å². The Bertz CT molecular complexity index is 1200. The van der Waals surface area contributed by atoms with Gasteiger partial charge in [0.1, 0.15) is 11.6 Å². The van der Waals surface area contributed by atoms with Gasteiger partial charge in [0.05, 0.1) is 5.56 Å². The molecule has 0 amide bonds. The molecule has 0 aromatic heterocycles. The third-order valence-electron chi connectivity index (χ3n) is 4.18. The van der Waals surface area contributed by atoms with Crippen molar-refractivity contribution in [2.75, 3.05) is 0 Å². The molecule has 0 radical (unpaired) electrons. The molecule has 0 unspecified atom stereocenters. The van der Waals surface area contributed by atoms with Gasteiger partial charge in [-0.25, -0.2) is 19.0 Å². The summed E-state index contributed by atoms with van der Waals surface area (Å²) in [6.07, 6.45) is 1.54. The van der Waals surface area contributed by atoms with E-state index in [1.54, 1.807) is 54.6 Å². The van der Waals surface area contributed by atoms with E-state index in [1.165, 1.54) is 24.3 Å². The molecule has 0 spiro atoms. The molecule has 0 bridgehead atoms. The number of halogens is 2. The van der Waals surface area contributed by atoms with Gasteiger partial charge in [-0.1, -0.05) is 30.3 Å². The minimum absolute atomic E-state index is 0.0461. The van der Waals surface area contributed by atoms with E-state index in [-0.39, 0.29) is 11.6 Å². The largest absolute Gasteiger partial charge is 0.423 e. The molecule has 5 nitrogen and oxygen atoms in total. The third-order valence-corrected chi connectivity index (χ3v) is 4.87. The molecule has 0 atom stereocenters. The molecular formula is C23H13BrFNO4. The van der Waals surface area contributed by atoms with E-state index in [0.29, 0.717) is 26.9 Å². The third kappa shape index (κ3) is 4.36. The summed E-state index contributed by atoms with van der Waals surface area (Å²) in [5, 5.41) is 0. The fraction of sp³-hybridized carbons (Fsp3) is 0. The van der Waals surface area contributed by atoms with Crippen molar-refractivity contribution in [3.05, 3.63) is 105 Å². The highest BCUT2D eigenvalue weighted by atomic mass is 79.9. The van der Waals surface area contributed by atoms with E-state index in [2.05, 4.69) is 20.9 Å². The van der Waals surface area contributed by atoms with Crippen molar-refractivity contribution in [3.8, 4) is 5.75 Å². The second kappa shape index (κ2) is 8.42. The predicted octanol–water partition coefficient (Wildman–Crippen LogP) is 5.15. The van der Waals surface area contributed by atoms with Crippen LogP contribution in [-0.4, -0.2) is 17.8 Å². The Kier molecular flexibility index (Phi) is 5.54. The molecular weight excluding hydrogens is 453 g/mol. The van der Waals surface area contributed by atoms with Crippen LogP contribution in [0, 0.1) is 5.82 Å². The Morgan fingerprint density at radius 1 is 1.03 bits per heavy atom. The number of rotatable bonds is 4. The van der Waals surface area contributed by atoms with Crippen LogP contribution in [0.2, 0.25) is 0 Å². The monoisotopic (exact) mass is 465 g/mol. The fourth-order valence-corrected chi connectivity index (χ4v) is 3.18. The van der Waals surface area contributed by atoms with Crippen LogP contribution >= 0.6 is 15.9 Å². The molecule has 30 heavy (non-hydrogen) atoms. The number of carbonyl (C=O) groups is 2. The minimum atomic E-state index is -0.626. The van der Waals surface area contributed by atoms with Gasteiger partial charge >= 0.3 is 11.9 Å². The van der Waals surface area contributed by atoms with Crippen LogP contribution in [0.15, 0.2) is 88.0 Å². The number of ether oxygens (including phenoxy) is 2. The molecule has 3 aromatic carbocycles. The summed E-state index contributed by atoms with van der Waals surface area (Å²) < 4.78 is 24.5. The van der Waals surface area contributed by atoms with Crippen molar-refractivity contribution in [3.63, 3.8) is 0 Å². The quantitative estimate of drug-likeness (QED) is 0.303. The first kappa shape index (κ1) is 19.7. The van der Waals surface area contributed by atoms with Crippen molar-refractivity contribution in [2.24, 2.45) is 4.99 Å². The Hall–Kier alpha value is -3.58. The molecule has 4 rings (SSSR count). The van der Waals surface area contributed by atoms with Gasteiger partial charge in [-0.05, 0) is 70.0 Å². The zero-order chi connectivity index (χ0) is 21.1. The summed E-state index contributed by atoms with van der Waals surface area (Å²) in [5.41, 5.74) is 1.54. The van der Waals surface area contributed by atoms with Gasteiger partial charge in [-0.2, -0.15) is 0 Å². The van der Waals surface area contributed by atoms with E-state index >= 15 is 0 Å². The van der Waals surface area contributed by atoms with Crippen molar-refractivity contribution < 1.29 is 23.5 Å². The van der Waals surface area contributed by atoms with Crippen LogP contribution in [-0.2, 0) is 9.53 Å². The molecule has 1 aliphatic rings. The first-order chi connectivity index (χ1) is 14.5. The zero-order valence-electron chi connectivity index (χ0n) is 15.3. The highest BCUT2D eigenvalue weighted by Crippen LogP contribution is 2.22. The number of aliphatic imine (C=N–C) groups is 1. The highest BCUT2D eigenvalue weighted by molar-refractivity contribution is 9.10. The van der Waals surface area contributed by atoms with Gasteiger partial charge in [0.15, 0.2) is 5.70 Å². The van der Waals surface area contributed by atoms with Gasteiger partial charge < -0.3 is 9.47 Å². The van der Waals surface area contributed by atoms with E-state index in [9.17, 15) is 14.0 Å². The van der Waals surface area contributed by atoms with Crippen LogP contribution in [0.25, 0.3) is 6.08 Å². The molecule has 1 aliphatic heterocycles. The van der Waals surface area contributed by atoms with E-state index in [1.807, 2.05) is 0 Å². The van der Waals surface area contributed by atoms with Crippen LogP contribution < -0.4 is 4.74 Å². The normalized spacial score (nSPS) is 14.4. The molecule has 0 saturated carbocycles. The first-order valence-corrected chi connectivity index (χ1v) is 9.64. The zero-order valence-corrected chi connectivity index (χ0v) is 16.9. The van der Waals surface area contributed by atoms with Crippen molar-refractivity contribution in [1.82, 2.24) is 0 Å². The number of cyclic esters (lactones) is 1. The minimum Gasteiger partial charge on any atom is -0.423 e. The second-order valence-electron chi connectivity index (χ2n) is 6.28. The average Bonchev–Trinajstić information content (AvgIpc) is 3.10. The van der Waals surface area contributed by atoms with Gasteiger partial charge in [-0.3, -0.25) is 0 Å². The Balaban J connectivity index is 1.50. The number of hydrogen-bond acceptors (Lipinski definition) is 5. The predicted molar refractivity (Wildman–Crippen MR) is 113 cm³/mol. The standard InChI is InChI=1S/C23H13BrFNO4/c24-19-7-2-1-6-18(19)22(27)29-17-10-8-14(9-11-17)12-20-23(28)30-21(26-20)15-4-3-5-16(25)13-15/h1-13H/b20-12+. The maximum absolute atomic E-state index is 13.4. The molecule has 3 aromatic rings. The number of esters is 2. The molecule has 148 valence electrons. The fourth-order valence-electron chi connectivity index (χ4n) is 2.73. The Morgan fingerprint density at radius 3 is 2.53 bits per heavy atom. The summed E-state index contributed by atoms with van der Waals surface area (Å²) in [6, 6.07) is 19.2. The maximum Gasteiger partial charge on any atom is 0.363 e. The van der Waals surface area contributed by atoms with Gasteiger partial charge in [0, 0.05) is 10.0 Å². The lowest BCUT2D eigenvalue weighted by molar-refractivity contribution is -0.129. The first-order valence-electron chi connectivity index (χ1n) is 8.85. The molecule has 0 saturated heterocycles. The van der Waals surface area contributed by atoms with Crippen molar-refractivity contribution >= 4 is 39.8 Å². The number of nitrogens with zero attached hydrogens (tertiary/aromatic N) is 1. The van der Waals surface area contributed by atoms with Crippen LogP contribution in [0.3, 0.4) is 0 Å². The lowest BCUT2D eigenvalue weighted by atomic mass is 10.2. The number of carbonyl (C=O) groups excluding carboxylic acids is 2. The van der Waals surface area contributed by atoms with Crippen molar-refractivity contribution in [1.29, 1.82) is 0 Å². The lowest BCUT2D eigenvalue weighted by Crippen LogP contribution is -2.09. The van der Waals surface area contributed by atoms with Crippen LogP contribution in [0.4, 0.5) is 4.39 Å². The lowest BCUT2D eigenvalue weighted by Gasteiger charge is -2.06. The molecule has 7 heteroatoms. The summed E-state index contributed by atoms with van der Waals surface area (Å²) >= 11 is 3.32. The molecule has 1 heterocycles. The van der Waals surface area contributed by atoms with E-state index in [0.717, 1.165) is 0 Å². The van der Waals surface area contributed by atoms with Gasteiger partial charge in [0.2, 0.25) is 5.90 Å². The van der Waals surface area contributed by atoms with Crippen LogP contribution in [0.1, 0.15) is 21.5 Å². The summed E-state index contributed by atoms with van der Waals surface area (Å²) in [4.78, 5) is 28.5. The molecule has 0 N–H and O–H groups in total. The average molecular weight is 466 g/mol. The smallest absolute Gasteiger partial charge is 0.363 e. The maximum atomic E-state index is 13.4. The second-order valence-corrected chi connectivity index (χ2v) is 7.14. The number of hydrogen-bond donors (Lipinski definition) is 0. The number of benzene rings is 3. The van der Waals surface area contributed by atoms with Gasteiger partial charge in [-0.15, -0.1) is 0 Å². The summed E-state index contributed by atoms with van der Waals surface area (Å²) in [7, 11) is 0. The van der Waals surface area contributed by atoms with E-state index in [4.69, 9.17) is 9.47 Å². The Morgan fingerprint density at radius 2 is 1.80 bits per heavy atom. The van der Waals surface area contributed by atoms with Gasteiger partial charge in [0.25, 0.3) is 0 Å². The van der Waals surface area contributed by atoms with Crippen molar-refractivity contribution in [2.45, 2.75) is 0 Å². The summed E-state index contributed by atoms with van der Waals surface area (Å²) in [5.74, 6) is -1.16. The molecule has 0 fully saturated rings.